The van der Waals surface area contributed by atoms with Crippen LogP contribution >= 0.6 is 0 Å². The SMILES string of the molecule is C[C@@]1(c2ccccc2)C=CCO1. The van der Waals surface area contributed by atoms with E-state index in [2.05, 4.69) is 31.2 Å². The number of rotatable bonds is 1. The molecule has 0 saturated heterocycles. The molecule has 0 N–H and O–H groups in total. The Morgan fingerprint density at radius 1 is 1.25 bits per heavy atom. The van der Waals surface area contributed by atoms with Gasteiger partial charge in [-0.15, -0.1) is 0 Å². The van der Waals surface area contributed by atoms with Gasteiger partial charge in [-0.1, -0.05) is 42.5 Å². The zero-order valence-corrected chi connectivity index (χ0v) is 7.16. The zero-order valence-electron chi connectivity index (χ0n) is 7.16. The Balaban J connectivity index is 2.36. The predicted molar refractivity (Wildman–Crippen MR) is 48.9 cm³/mol. The molecule has 0 aliphatic carbocycles. The number of benzene rings is 1. The molecule has 0 saturated carbocycles. The van der Waals surface area contributed by atoms with Crippen molar-refractivity contribution in [3.63, 3.8) is 0 Å². The third kappa shape index (κ3) is 1.16. The zero-order chi connectivity index (χ0) is 8.44. The molecule has 1 aromatic rings. The van der Waals surface area contributed by atoms with Crippen molar-refractivity contribution in [1.82, 2.24) is 0 Å². The maximum absolute atomic E-state index is 5.62. The van der Waals surface area contributed by atoms with Crippen molar-refractivity contribution in [2.24, 2.45) is 0 Å². The summed E-state index contributed by atoms with van der Waals surface area (Å²) in [6.07, 6.45) is 4.18. The monoisotopic (exact) mass is 160 g/mol. The van der Waals surface area contributed by atoms with Gasteiger partial charge in [-0.3, -0.25) is 0 Å². The Hall–Kier alpha value is -1.08. The van der Waals surface area contributed by atoms with Gasteiger partial charge in [0.25, 0.3) is 0 Å². The molecule has 1 heteroatoms. The van der Waals surface area contributed by atoms with Crippen molar-refractivity contribution in [3.05, 3.63) is 48.0 Å². The number of hydrogen-bond donors (Lipinski definition) is 0. The van der Waals surface area contributed by atoms with Gasteiger partial charge in [0.2, 0.25) is 0 Å². The molecule has 0 radical (unpaired) electrons. The molecule has 12 heavy (non-hydrogen) atoms. The van der Waals surface area contributed by atoms with Crippen molar-refractivity contribution < 1.29 is 4.74 Å². The minimum atomic E-state index is -0.193. The first kappa shape index (κ1) is 7.56. The topological polar surface area (TPSA) is 9.23 Å². The normalized spacial score (nSPS) is 27.8. The summed E-state index contributed by atoms with van der Waals surface area (Å²) in [5.74, 6) is 0. The Morgan fingerprint density at radius 3 is 2.58 bits per heavy atom. The molecule has 1 atom stereocenters. The summed E-state index contributed by atoms with van der Waals surface area (Å²) in [6, 6.07) is 10.3. The van der Waals surface area contributed by atoms with Crippen molar-refractivity contribution in [1.29, 1.82) is 0 Å². The van der Waals surface area contributed by atoms with Crippen molar-refractivity contribution in [2.45, 2.75) is 12.5 Å². The van der Waals surface area contributed by atoms with E-state index in [1.807, 2.05) is 18.2 Å². The van der Waals surface area contributed by atoms with E-state index in [4.69, 9.17) is 4.74 Å². The minimum Gasteiger partial charge on any atom is -0.362 e. The molecule has 0 amide bonds. The molecule has 0 bridgehead atoms. The molecule has 1 aliphatic heterocycles. The Morgan fingerprint density at radius 2 is 2.00 bits per heavy atom. The summed E-state index contributed by atoms with van der Waals surface area (Å²) >= 11 is 0. The van der Waals surface area contributed by atoms with Crippen LogP contribution in [0.25, 0.3) is 0 Å². The first-order chi connectivity index (χ1) is 5.81. The molecule has 1 heterocycles. The van der Waals surface area contributed by atoms with Gasteiger partial charge in [-0.05, 0) is 12.5 Å². The fraction of sp³-hybridized carbons (Fsp3) is 0.273. The largest absolute Gasteiger partial charge is 0.362 e. The van der Waals surface area contributed by atoms with Gasteiger partial charge in [0.15, 0.2) is 0 Å². The highest BCUT2D eigenvalue weighted by Gasteiger charge is 2.26. The molecule has 62 valence electrons. The van der Waals surface area contributed by atoms with Crippen LogP contribution in [0.3, 0.4) is 0 Å². The fourth-order valence-corrected chi connectivity index (χ4v) is 1.49. The minimum absolute atomic E-state index is 0.193. The van der Waals surface area contributed by atoms with Crippen LogP contribution in [0.15, 0.2) is 42.5 Å². The lowest BCUT2D eigenvalue weighted by molar-refractivity contribution is 0.0390. The Labute approximate surface area is 72.7 Å². The lowest BCUT2D eigenvalue weighted by atomic mass is 9.97. The first-order valence-corrected chi connectivity index (χ1v) is 4.18. The van der Waals surface area contributed by atoms with E-state index in [-0.39, 0.29) is 5.60 Å². The maximum Gasteiger partial charge on any atom is 0.109 e. The van der Waals surface area contributed by atoms with Crippen LogP contribution in [-0.4, -0.2) is 6.61 Å². The maximum atomic E-state index is 5.62. The summed E-state index contributed by atoms with van der Waals surface area (Å²) in [5, 5.41) is 0. The summed E-state index contributed by atoms with van der Waals surface area (Å²) in [4.78, 5) is 0. The fourth-order valence-electron chi connectivity index (χ4n) is 1.49. The van der Waals surface area contributed by atoms with Crippen LogP contribution in [0.1, 0.15) is 12.5 Å². The summed E-state index contributed by atoms with van der Waals surface area (Å²) in [6.45, 7) is 2.82. The Kier molecular flexibility index (Phi) is 1.74. The highest BCUT2D eigenvalue weighted by atomic mass is 16.5. The third-order valence-corrected chi connectivity index (χ3v) is 2.26. The highest BCUT2D eigenvalue weighted by molar-refractivity contribution is 5.28. The standard InChI is InChI=1S/C11H12O/c1-11(8-5-9-12-11)10-6-3-2-4-7-10/h2-8H,9H2,1H3/t11-/m0/s1. The van der Waals surface area contributed by atoms with E-state index in [9.17, 15) is 0 Å². The van der Waals surface area contributed by atoms with E-state index in [0.29, 0.717) is 0 Å². The van der Waals surface area contributed by atoms with Gasteiger partial charge in [0.1, 0.15) is 5.60 Å². The predicted octanol–water partition coefficient (Wildman–Crippen LogP) is 2.49. The van der Waals surface area contributed by atoms with Gasteiger partial charge in [-0.2, -0.15) is 0 Å². The summed E-state index contributed by atoms with van der Waals surface area (Å²) in [5.41, 5.74) is 1.03. The molecular formula is C11H12O. The van der Waals surface area contributed by atoms with Crippen LogP contribution in [0.4, 0.5) is 0 Å². The molecule has 0 aromatic heterocycles. The van der Waals surface area contributed by atoms with Crippen molar-refractivity contribution in [3.8, 4) is 0 Å². The molecule has 0 unspecified atom stereocenters. The van der Waals surface area contributed by atoms with E-state index < -0.39 is 0 Å². The third-order valence-electron chi connectivity index (χ3n) is 2.26. The van der Waals surface area contributed by atoms with Crippen LogP contribution in [0.2, 0.25) is 0 Å². The number of hydrogen-bond acceptors (Lipinski definition) is 1. The smallest absolute Gasteiger partial charge is 0.109 e. The first-order valence-electron chi connectivity index (χ1n) is 4.18. The van der Waals surface area contributed by atoms with E-state index in [0.717, 1.165) is 6.61 Å². The van der Waals surface area contributed by atoms with Gasteiger partial charge in [0, 0.05) is 0 Å². The molecule has 1 aliphatic rings. The second-order valence-electron chi connectivity index (χ2n) is 3.19. The van der Waals surface area contributed by atoms with Gasteiger partial charge in [-0.25, -0.2) is 0 Å². The van der Waals surface area contributed by atoms with E-state index >= 15 is 0 Å². The second-order valence-corrected chi connectivity index (χ2v) is 3.19. The Bertz CT molecular complexity index is 289. The molecule has 1 aromatic carbocycles. The van der Waals surface area contributed by atoms with E-state index in [1.165, 1.54) is 5.56 Å². The summed E-state index contributed by atoms with van der Waals surface area (Å²) < 4.78 is 5.62. The molecule has 0 fully saturated rings. The van der Waals surface area contributed by atoms with Crippen molar-refractivity contribution in [2.75, 3.05) is 6.61 Å². The lowest BCUT2D eigenvalue weighted by Gasteiger charge is -2.21. The second kappa shape index (κ2) is 2.76. The highest BCUT2D eigenvalue weighted by Crippen LogP contribution is 2.29. The molecule has 2 rings (SSSR count). The van der Waals surface area contributed by atoms with Crippen LogP contribution in [0.5, 0.6) is 0 Å². The number of ether oxygens (including phenoxy) is 1. The van der Waals surface area contributed by atoms with Crippen LogP contribution in [0, 0.1) is 0 Å². The lowest BCUT2D eigenvalue weighted by Crippen LogP contribution is -2.18. The summed E-state index contributed by atoms with van der Waals surface area (Å²) in [7, 11) is 0. The molecule has 1 nitrogen and oxygen atoms in total. The molecular weight excluding hydrogens is 148 g/mol. The average molecular weight is 160 g/mol. The quantitative estimate of drug-likeness (QED) is 0.573. The van der Waals surface area contributed by atoms with Gasteiger partial charge >= 0.3 is 0 Å². The van der Waals surface area contributed by atoms with Crippen molar-refractivity contribution >= 4 is 0 Å². The average Bonchev–Trinajstić information content (AvgIpc) is 2.55. The van der Waals surface area contributed by atoms with Crippen LogP contribution in [-0.2, 0) is 10.3 Å². The molecule has 0 spiro atoms. The van der Waals surface area contributed by atoms with Gasteiger partial charge < -0.3 is 4.74 Å². The van der Waals surface area contributed by atoms with E-state index in [1.54, 1.807) is 0 Å². The van der Waals surface area contributed by atoms with Gasteiger partial charge in [0.05, 0.1) is 6.61 Å². The van der Waals surface area contributed by atoms with Crippen LogP contribution < -0.4 is 0 Å².